The molecule has 0 aliphatic carbocycles. The number of thiazole rings is 1. The first-order valence-corrected chi connectivity index (χ1v) is 9.24. The van der Waals surface area contributed by atoms with Crippen molar-refractivity contribution in [1.82, 2.24) is 15.2 Å². The molecular formula is C17H31N3S. The zero-order valence-corrected chi connectivity index (χ0v) is 15.1. The molecule has 1 N–H and O–H groups in total. The summed E-state index contributed by atoms with van der Waals surface area (Å²) in [6.07, 6.45) is 3.75. The quantitative estimate of drug-likeness (QED) is 0.897. The molecule has 2 rings (SSSR count). The van der Waals surface area contributed by atoms with E-state index in [4.69, 9.17) is 4.98 Å². The van der Waals surface area contributed by atoms with Crippen LogP contribution >= 0.6 is 11.3 Å². The molecule has 0 radical (unpaired) electrons. The highest BCUT2D eigenvalue weighted by Crippen LogP contribution is 2.25. The fraction of sp³-hybridized carbons (Fsp3) is 0.824. The van der Waals surface area contributed by atoms with E-state index in [1.165, 1.54) is 30.0 Å². The maximum Gasteiger partial charge on any atom is 0.107 e. The van der Waals surface area contributed by atoms with Crippen molar-refractivity contribution >= 4 is 11.3 Å². The van der Waals surface area contributed by atoms with Gasteiger partial charge >= 0.3 is 0 Å². The van der Waals surface area contributed by atoms with Crippen LogP contribution in [-0.4, -0.2) is 35.1 Å². The lowest BCUT2D eigenvalue weighted by atomic mass is 9.93. The van der Waals surface area contributed by atoms with Gasteiger partial charge in [0.2, 0.25) is 0 Å². The smallest absolute Gasteiger partial charge is 0.107 e. The molecule has 1 aromatic rings. The van der Waals surface area contributed by atoms with E-state index in [0.717, 1.165) is 19.6 Å². The zero-order chi connectivity index (χ0) is 15.5. The standard InChI is InChI=1S/C17H31N3S/c1-6-8-13-10-20(14(7-2)9-18-13)11-16-19-15(12-21-16)17(3,4)5/h12-14,18H,6-11H2,1-5H3. The van der Waals surface area contributed by atoms with E-state index in [0.29, 0.717) is 12.1 Å². The Kier molecular flexibility index (Phi) is 5.81. The molecule has 2 heterocycles. The molecule has 1 aromatic heterocycles. The molecule has 120 valence electrons. The summed E-state index contributed by atoms with van der Waals surface area (Å²) < 4.78 is 0. The molecule has 0 amide bonds. The number of hydrogen-bond acceptors (Lipinski definition) is 4. The Morgan fingerprint density at radius 3 is 2.71 bits per heavy atom. The van der Waals surface area contributed by atoms with Crippen molar-refractivity contribution in [3.05, 3.63) is 16.1 Å². The normalized spacial score (nSPS) is 24.4. The fourth-order valence-corrected chi connectivity index (χ4v) is 4.01. The molecule has 4 heteroatoms. The van der Waals surface area contributed by atoms with Gasteiger partial charge in [0.05, 0.1) is 12.2 Å². The highest BCUT2D eigenvalue weighted by atomic mass is 32.1. The molecule has 1 fully saturated rings. The van der Waals surface area contributed by atoms with Gasteiger partial charge in [-0.2, -0.15) is 0 Å². The van der Waals surface area contributed by atoms with Crippen LogP contribution in [0.2, 0.25) is 0 Å². The predicted molar refractivity (Wildman–Crippen MR) is 92.0 cm³/mol. The van der Waals surface area contributed by atoms with Crippen LogP contribution in [0, 0.1) is 0 Å². The van der Waals surface area contributed by atoms with Crippen molar-refractivity contribution in [2.24, 2.45) is 0 Å². The molecule has 0 saturated carbocycles. The number of piperazine rings is 1. The van der Waals surface area contributed by atoms with Crippen LogP contribution in [-0.2, 0) is 12.0 Å². The maximum atomic E-state index is 4.87. The second kappa shape index (κ2) is 7.21. The summed E-state index contributed by atoms with van der Waals surface area (Å²) in [6, 6.07) is 1.31. The van der Waals surface area contributed by atoms with E-state index in [9.17, 15) is 0 Å². The molecule has 1 aliphatic rings. The van der Waals surface area contributed by atoms with Crippen molar-refractivity contribution in [3.63, 3.8) is 0 Å². The average molecular weight is 310 g/mol. The Morgan fingerprint density at radius 2 is 2.14 bits per heavy atom. The lowest BCUT2D eigenvalue weighted by Crippen LogP contribution is -2.55. The third kappa shape index (κ3) is 4.51. The van der Waals surface area contributed by atoms with Gasteiger partial charge in [0.1, 0.15) is 5.01 Å². The van der Waals surface area contributed by atoms with Crippen LogP contribution in [0.3, 0.4) is 0 Å². The van der Waals surface area contributed by atoms with Gasteiger partial charge in [-0.15, -0.1) is 11.3 Å². The van der Waals surface area contributed by atoms with Crippen LogP contribution in [0.4, 0.5) is 0 Å². The molecule has 1 saturated heterocycles. The second-order valence-corrected chi connectivity index (χ2v) is 8.20. The minimum absolute atomic E-state index is 0.160. The SMILES string of the molecule is CCCC1CN(Cc2nc(C(C)(C)C)cs2)C(CC)CN1. The number of aromatic nitrogens is 1. The summed E-state index contributed by atoms with van der Waals surface area (Å²) >= 11 is 1.82. The first kappa shape index (κ1) is 16.9. The molecule has 2 atom stereocenters. The van der Waals surface area contributed by atoms with E-state index >= 15 is 0 Å². The first-order valence-electron chi connectivity index (χ1n) is 8.36. The van der Waals surface area contributed by atoms with E-state index in [2.05, 4.69) is 50.2 Å². The summed E-state index contributed by atoms with van der Waals surface area (Å²) in [5.41, 5.74) is 1.39. The second-order valence-electron chi connectivity index (χ2n) is 7.26. The summed E-state index contributed by atoms with van der Waals surface area (Å²) in [4.78, 5) is 7.51. The summed E-state index contributed by atoms with van der Waals surface area (Å²) in [5, 5.41) is 7.22. The van der Waals surface area contributed by atoms with E-state index < -0.39 is 0 Å². The predicted octanol–water partition coefficient (Wildman–Crippen LogP) is 3.79. The molecular weight excluding hydrogens is 278 g/mol. The Labute approximate surface area is 134 Å². The molecule has 0 aromatic carbocycles. The average Bonchev–Trinajstić information content (AvgIpc) is 2.88. The highest BCUT2D eigenvalue weighted by Gasteiger charge is 2.27. The number of hydrogen-bond donors (Lipinski definition) is 1. The number of rotatable bonds is 5. The zero-order valence-electron chi connectivity index (χ0n) is 14.3. The molecule has 21 heavy (non-hydrogen) atoms. The van der Waals surface area contributed by atoms with Crippen LogP contribution in [0.15, 0.2) is 5.38 Å². The minimum atomic E-state index is 0.160. The van der Waals surface area contributed by atoms with Crippen LogP contribution < -0.4 is 5.32 Å². The number of nitrogens with zero attached hydrogens (tertiary/aromatic N) is 2. The van der Waals surface area contributed by atoms with Gasteiger partial charge in [0, 0.05) is 36.0 Å². The van der Waals surface area contributed by atoms with Gasteiger partial charge in [-0.3, -0.25) is 4.90 Å². The third-order valence-electron chi connectivity index (χ3n) is 4.38. The Balaban J connectivity index is 2.02. The van der Waals surface area contributed by atoms with Gasteiger partial charge in [0.25, 0.3) is 0 Å². The van der Waals surface area contributed by atoms with Crippen LogP contribution in [0.1, 0.15) is 64.6 Å². The van der Waals surface area contributed by atoms with Gasteiger partial charge in [-0.25, -0.2) is 4.98 Å². The summed E-state index contributed by atoms with van der Waals surface area (Å²) in [6.45, 7) is 14.6. The molecule has 3 nitrogen and oxygen atoms in total. The number of nitrogens with one attached hydrogen (secondary N) is 1. The van der Waals surface area contributed by atoms with Gasteiger partial charge in [-0.1, -0.05) is 41.0 Å². The Bertz CT molecular complexity index is 435. The minimum Gasteiger partial charge on any atom is -0.311 e. The molecule has 0 spiro atoms. The van der Waals surface area contributed by atoms with Crippen molar-refractivity contribution in [2.75, 3.05) is 13.1 Å². The van der Waals surface area contributed by atoms with Crippen LogP contribution in [0.5, 0.6) is 0 Å². The fourth-order valence-electron chi connectivity index (χ4n) is 2.97. The maximum absolute atomic E-state index is 4.87. The van der Waals surface area contributed by atoms with Crippen molar-refractivity contribution in [2.45, 2.75) is 77.9 Å². The van der Waals surface area contributed by atoms with Crippen molar-refractivity contribution in [1.29, 1.82) is 0 Å². The summed E-state index contributed by atoms with van der Waals surface area (Å²) in [7, 11) is 0. The van der Waals surface area contributed by atoms with Gasteiger partial charge < -0.3 is 5.32 Å². The van der Waals surface area contributed by atoms with Crippen molar-refractivity contribution < 1.29 is 0 Å². The van der Waals surface area contributed by atoms with Gasteiger partial charge in [-0.05, 0) is 12.8 Å². The lowest BCUT2D eigenvalue weighted by molar-refractivity contribution is 0.115. The largest absolute Gasteiger partial charge is 0.311 e. The molecule has 0 bridgehead atoms. The van der Waals surface area contributed by atoms with Gasteiger partial charge in [0.15, 0.2) is 0 Å². The monoisotopic (exact) mass is 309 g/mol. The van der Waals surface area contributed by atoms with Crippen molar-refractivity contribution in [3.8, 4) is 0 Å². The van der Waals surface area contributed by atoms with Crippen LogP contribution in [0.25, 0.3) is 0 Å². The Hall–Kier alpha value is -0.450. The highest BCUT2D eigenvalue weighted by molar-refractivity contribution is 7.09. The third-order valence-corrected chi connectivity index (χ3v) is 5.21. The lowest BCUT2D eigenvalue weighted by Gasteiger charge is -2.39. The molecule has 2 unspecified atom stereocenters. The van der Waals surface area contributed by atoms with E-state index in [1.807, 2.05) is 11.3 Å². The summed E-state index contributed by atoms with van der Waals surface area (Å²) in [5.74, 6) is 0. The molecule has 1 aliphatic heterocycles. The first-order chi connectivity index (χ1) is 9.94. The Morgan fingerprint density at radius 1 is 1.38 bits per heavy atom. The van der Waals surface area contributed by atoms with E-state index in [-0.39, 0.29) is 5.41 Å². The van der Waals surface area contributed by atoms with E-state index in [1.54, 1.807) is 0 Å². The topological polar surface area (TPSA) is 28.2 Å².